The monoisotopic (exact) mass is 662 g/mol. The fraction of sp³-hybridized carbons (Fsp3) is 0.634. The summed E-state index contributed by atoms with van der Waals surface area (Å²) in [5.74, 6) is 1.30. The second-order valence-electron chi connectivity index (χ2n) is 17.3. The van der Waals surface area contributed by atoms with Crippen molar-refractivity contribution < 1.29 is 13.6 Å². The number of carbonyl (C=O) groups excluding carboxylic acids is 1. The van der Waals surface area contributed by atoms with Gasteiger partial charge in [-0.25, -0.2) is 0 Å². The van der Waals surface area contributed by atoms with E-state index in [4.69, 9.17) is 8.85 Å². The lowest BCUT2D eigenvalue weighted by molar-refractivity contribution is -0.113. The summed E-state index contributed by atoms with van der Waals surface area (Å²) >= 11 is 0. The summed E-state index contributed by atoms with van der Waals surface area (Å²) in [5, 5.41) is 0.441. The maximum Gasteiger partial charge on any atom is 0.192 e. The van der Waals surface area contributed by atoms with E-state index in [1.807, 2.05) is 0 Å². The number of carbonyl (C=O) groups is 1. The number of hydrogen-bond acceptors (Lipinski definition) is 3. The third-order valence-electron chi connectivity index (χ3n) is 11.9. The first kappa shape index (κ1) is 38.6. The van der Waals surface area contributed by atoms with Crippen LogP contribution in [0.4, 0.5) is 0 Å². The van der Waals surface area contributed by atoms with Gasteiger partial charge in [-0.2, -0.15) is 0 Å². The summed E-state index contributed by atoms with van der Waals surface area (Å²) in [6.45, 7) is 27.1. The van der Waals surface area contributed by atoms with Gasteiger partial charge in [0.15, 0.2) is 16.6 Å². The van der Waals surface area contributed by atoms with Gasteiger partial charge in [-0.05, 0) is 117 Å². The lowest BCUT2D eigenvalue weighted by Gasteiger charge is -2.48. The van der Waals surface area contributed by atoms with Crippen LogP contribution >= 0.6 is 0 Å². The van der Waals surface area contributed by atoms with Crippen LogP contribution in [-0.2, 0) is 13.6 Å². The van der Waals surface area contributed by atoms with E-state index in [0.29, 0.717) is 18.3 Å². The van der Waals surface area contributed by atoms with Gasteiger partial charge in [-0.3, -0.25) is 0 Å². The Labute approximate surface area is 285 Å². The molecule has 256 valence electrons. The second-order valence-corrected chi connectivity index (χ2v) is 26.8. The smallest absolute Gasteiger partial charge is 0.192 e. The van der Waals surface area contributed by atoms with Crippen molar-refractivity contribution in [3.05, 3.63) is 84.4 Å². The van der Waals surface area contributed by atoms with Crippen molar-refractivity contribution in [2.75, 3.05) is 0 Å². The van der Waals surface area contributed by atoms with Crippen molar-refractivity contribution in [2.45, 2.75) is 165 Å². The van der Waals surface area contributed by atoms with E-state index >= 15 is 0 Å². The van der Waals surface area contributed by atoms with Crippen molar-refractivity contribution in [1.82, 2.24) is 0 Å². The first-order valence-electron chi connectivity index (χ1n) is 17.9. The molecule has 2 aromatic rings. The average Bonchev–Trinajstić information content (AvgIpc) is 2.98. The fourth-order valence-electron chi connectivity index (χ4n) is 6.90. The van der Waals surface area contributed by atoms with E-state index in [-0.39, 0.29) is 21.3 Å². The summed E-state index contributed by atoms with van der Waals surface area (Å²) in [6.07, 6.45) is 13.7. The molecule has 0 N–H and O–H groups in total. The third kappa shape index (κ3) is 10.1. The van der Waals surface area contributed by atoms with Crippen LogP contribution in [0.1, 0.15) is 129 Å². The number of aldehydes is 1. The lowest BCUT2D eigenvalue weighted by Crippen LogP contribution is -2.51. The minimum absolute atomic E-state index is 0.0238. The molecule has 2 fully saturated rings. The molecule has 2 aromatic carbocycles. The summed E-state index contributed by atoms with van der Waals surface area (Å²) < 4.78 is 13.7. The van der Waals surface area contributed by atoms with Gasteiger partial charge in [-0.15, -0.1) is 6.58 Å². The van der Waals surface area contributed by atoms with Gasteiger partial charge >= 0.3 is 0 Å². The van der Waals surface area contributed by atoms with Gasteiger partial charge in [0.2, 0.25) is 0 Å². The number of benzene rings is 2. The lowest BCUT2D eigenvalue weighted by atomic mass is 9.75. The Morgan fingerprint density at radius 1 is 0.652 bits per heavy atom. The normalized spacial score (nSPS) is 26.0. The minimum atomic E-state index is -1.86. The molecule has 0 amide bonds. The molecule has 0 radical (unpaired) electrons. The molecule has 0 saturated heterocycles. The quantitative estimate of drug-likeness (QED) is 0.144. The summed E-state index contributed by atoms with van der Waals surface area (Å²) in [6, 6.07) is 21.7. The standard InChI is InChI=1S/C21H34OSi.C20H32O2Si/c1-7-15-21(22-23(5,6)20(2,3)4)16-13-19(14-17-21)18-11-9-8-10-12-18;1-19(2,3)23(4,5)22-20(15-16-21)13-11-18(12-14-20)17-9-7-6-8-10-17/h7-12,19H,1,13-17H2,2-6H3;6-10,16,18H,11-15H2,1-5H3. The molecule has 0 heterocycles. The summed E-state index contributed by atoms with van der Waals surface area (Å²) in [7, 11) is -3.61. The highest BCUT2D eigenvalue weighted by Crippen LogP contribution is 2.48. The van der Waals surface area contributed by atoms with E-state index in [9.17, 15) is 4.79 Å². The van der Waals surface area contributed by atoms with Crippen LogP contribution in [0, 0.1) is 0 Å². The molecule has 0 unspecified atom stereocenters. The maximum atomic E-state index is 11.3. The molecule has 5 heteroatoms. The molecule has 0 bridgehead atoms. The Hall–Kier alpha value is -1.80. The van der Waals surface area contributed by atoms with Crippen LogP contribution < -0.4 is 0 Å². The third-order valence-corrected chi connectivity index (χ3v) is 21.0. The van der Waals surface area contributed by atoms with Crippen LogP contribution in [-0.4, -0.2) is 34.1 Å². The zero-order chi connectivity index (χ0) is 34.3. The highest BCUT2D eigenvalue weighted by Gasteiger charge is 2.47. The van der Waals surface area contributed by atoms with Gasteiger partial charge in [0, 0.05) is 6.42 Å². The van der Waals surface area contributed by atoms with Crippen molar-refractivity contribution >= 4 is 22.9 Å². The van der Waals surface area contributed by atoms with Crippen LogP contribution in [0.25, 0.3) is 0 Å². The topological polar surface area (TPSA) is 35.5 Å². The molecule has 2 aliphatic carbocycles. The van der Waals surface area contributed by atoms with Crippen LogP contribution in [0.15, 0.2) is 73.3 Å². The number of rotatable bonds is 10. The van der Waals surface area contributed by atoms with Crippen molar-refractivity contribution in [1.29, 1.82) is 0 Å². The van der Waals surface area contributed by atoms with E-state index in [0.717, 1.165) is 51.2 Å². The zero-order valence-electron chi connectivity index (χ0n) is 31.1. The van der Waals surface area contributed by atoms with Crippen LogP contribution in [0.5, 0.6) is 0 Å². The van der Waals surface area contributed by atoms with Gasteiger partial charge in [0.1, 0.15) is 6.29 Å². The highest BCUT2D eigenvalue weighted by atomic mass is 28.4. The Morgan fingerprint density at radius 2 is 0.978 bits per heavy atom. The molecular weight excluding hydrogens is 597 g/mol. The predicted molar refractivity (Wildman–Crippen MR) is 203 cm³/mol. The summed E-state index contributed by atoms with van der Waals surface area (Å²) in [5.41, 5.74) is 2.72. The molecule has 2 aliphatic rings. The van der Waals surface area contributed by atoms with Crippen LogP contribution in [0.2, 0.25) is 36.3 Å². The predicted octanol–water partition coefficient (Wildman–Crippen LogP) is 12.4. The molecular formula is C41H66O3Si2. The molecule has 0 spiro atoms. The average molecular weight is 663 g/mol. The molecule has 0 aliphatic heterocycles. The molecule has 3 nitrogen and oxygen atoms in total. The van der Waals surface area contributed by atoms with Crippen LogP contribution in [0.3, 0.4) is 0 Å². The Bertz CT molecular complexity index is 1110. The first-order chi connectivity index (χ1) is 21.4. The molecule has 46 heavy (non-hydrogen) atoms. The molecule has 0 atom stereocenters. The summed E-state index contributed by atoms with van der Waals surface area (Å²) in [4.78, 5) is 11.3. The van der Waals surface area contributed by atoms with Gasteiger partial charge in [0.05, 0.1) is 11.2 Å². The van der Waals surface area contributed by atoms with E-state index in [1.165, 1.54) is 24.0 Å². The van der Waals surface area contributed by atoms with Crippen molar-refractivity contribution in [3.8, 4) is 0 Å². The zero-order valence-corrected chi connectivity index (χ0v) is 33.1. The first-order valence-corrected chi connectivity index (χ1v) is 23.7. The van der Waals surface area contributed by atoms with E-state index < -0.39 is 16.6 Å². The largest absolute Gasteiger partial charge is 0.411 e. The SMILES string of the molecule is C=CCC1(O[Si](C)(C)C(C)(C)C)CCC(c2ccccc2)CC1.CC(C)(C)[Si](C)(C)OC1(CC=O)CCC(c2ccccc2)CC1. The Kier molecular flexibility index (Phi) is 13.1. The van der Waals surface area contributed by atoms with Gasteiger partial charge in [-0.1, -0.05) is 108 Å². The van der Waals surface area contributed by atoms with Crippen molar-refractivity contribution in [3.63, 3.8) is 0 Å². The molecule has 2 saturated carbocycles. The molecule has 4 rings (SSSR count). The Morgan fingerprint density at radius 3 is 1.26 bits per heavy atom. The second kappa shape index (κ2) is 15.6. The van der Waals surface area contributed by atoms with Gasteiger partial charge < -0.3 is 13.6 Å². The minimum Gasteiger partial charge on any atom is -0.411 e. The Balaban J connectivity index is 0.000000250. The highest BCUT2D eigenvalue weighted by molar-refractivity contribution is 6.74. The van der Waals surface area contributed by atoms with Crippen molar-refractivity contribution in [2.24, 2.45) is 0 Å². The number of hydrogen-bond donors (Lipinski definition) is 0. The van der Waals surface area contributed by atoms with E-state index in [2.05, 4.69) is 141 Å². The maximum absolute atomic E-state index is 11.3. The fourth-order valence-corrected chi connectivity index (χ4v) is 10.3. The molecule has 0 aromatic heterocycles. The van der Waals surface area contributed by atoms with Gasteiger partial charge in [0.25, 0.3) is 0 Å². The van der Waals surface area contributed by atoms with E-state index in [1.54, 1.807) is 0 Å².